The molecule has 0 unspecified atom stereocenters. The van der Waals surface area contributed by atoms with E-state index in [9.17, 15) is 0 Å². The summed E-state index contributed by atoms with van der Waals surface area (Å²) in [5.74, 6) is 0. The molecule has 0 amide bonds. The number of aromatic nitrogens is 1. The number of nitrogens with zero attached hydrogens (tertiary/aromatic N) is 1. The Morgan fingerprint density at radius 3 is 2.82 bits per heavy atom. The van der Waals surface area contributed by atoms with Crippen molar-refractivity contribution in [2.75, 3.05) is 0 Å². The first-order valence-electron chi connectivity index (χ1n) is 5.36. The lowest BCUT2D eigenvalue weighted by atomic mass is 10.0. The molecule has 0 aliphatic heterocycles. The summed E-state index contributed by atoms with van der Waals surface area (Å²) in [5, 5.41) is 1.84. The Hall–Kier alpha value is -1.86. The minimum Gasteiger partial charge on any atom is -0.256 e. The molecule has 0 spiro atoms. The molecule has 0 atom stereocenters. The first-order valence-corrected chi connectivity index (χ1v) is 5.74. The number of rotatable bonds is 1. The van der Waals surface area contributed by atoms with Crippen LogP contribution < -0.4 is 0 Å². The minimum absolute atomic E-state index is 0.715. The van der Waals surface area contributed by atoms with Crippen LogP contribution in [-0.2, 0) is 0 Å². The van der Waals surface area contributed by atoms with Crippen molar-refractivity contribution in [2.24, 2.45) is 0 Å². The summed E-state index contributed by atoms with van der Waals surface area (Å²) in [6.07, 6.45) is 1.80. The third-order valence-corrected chi connectivity index (χ3v) is 2.92. The molecule has 17 heavy (non-hydrogen) atoms. The van der Waals surface area contributed by atoms with Gasteiger partial charge in [-0.05, 0) is 29.8 Å². The Labute approximate surface area is 105 Å². The fourth-order valence-electron chi connectivity index (χ4n) is 1.92. The zero-order valence-corrected chi connectivity index (χ0v) is 9.78. The van der Waals surface area contributed by atoms with Crippen molar-refractivity contribution in [3.63, 3.8) is 0 Å². The van der Waals surface area contributed by atoms with Gasteiger partial charge in [0.1, 0.15) is 0 Å². The second kappa shape index (κ2) is 4.19. The molecule has 2 aromatic carbocycles. The molecule has 0 N–H and O–H groups in total. The van der Waals surface area contributed by atoms with Crippen LogP contribution in [0.2, 0.25) is 5.02 Å². The first-order chi connectivity index (χ1) is 8.34. The van der Waals surface area contributed by atoms with Gasteiger partial charge < -0.3 is 0 Å². The minimum atomic E-state index is 0.715. The zero-order valence-electron chi connectivity index (χ0n) is 9.02. The summed E-state index contributed by atoms with van der Waals surface area (Å²) < 4.78 is 0. The number of benzene rings is 2. The van der Waals surface area contributed by atoms with Gasteiger partial charge in [-0.1, -0.05) is 41.9 Å². The van der Waals surface area contributed by atoms with E-state index in [-0.39, 0.29) is 0 Å². The van der Waals surface area contributed by atoms with Gasteiger partial charge in [0.15, 0.2) is 0 Å². The molecule has 0 saturated carbocycles. The fourth-order valence-corrected chi connectivity index (χ4v) is 2.09. The predicted octanol–water partition coefficient (Wildman–Crippen LogP) is 4.36. The lowest BCUT2D eigenvalue weighted by Gasteiger charge is -2.05. The number of fused-ring (bicyclic) bond motifs is 1. The molecular weight excluding hydrogens is 230 g/mol. The largest absolute Gasteiger partial charge is 0.256 e. The van der Waals surface area contributed by atoms with Crippen LogP contribution in [0, 0.1) is 6.07 Å². The van der Waals surface area contributed by atoms with Crippen LogP contribution >= 0.6 is 11.6 Å². The molecule has 0 fully saturated rings. The quantitative estimate of drug-likeness (QED) is 0.614. The third-order valence-electron chi connectivity index (χ3n) is 2.69. The summed E-state index contributed by atoms with van der Waals surface area (Å²) in [5.41, 5.74) is 3.01. The molecule has 0 aliphatic carbocycles. The highest BCUT2D eigenvalue weighted by Crippen LogP contribution is 2.28. The summed E-state index contributed by atoms with van der Waals surface area (Å²) >= 11 is 6.01. The van der Waals surface area contributed by atoms with Crippen molar-refractivity contribution in [3.05, 3.63) is 65.8 Å². The van der Waals surface area contributed by atoms with E-state index in [4.69, 9.17) is 11.6 Å². The Bertz CT molecular complexity index is 671. The van der Waals surface area contributed by atoms with Gasteiger partial charge in [-0.15, -0.1) is 0 Å². The second-order valence-electron chi connectivity index (χ2n) is 3.80. The van der Waals surface area contributed by atoms with E-state index in [1.165, 1.54) is 0 Å². The fraction of sp³-hybridized carbons (Fsp3) is 0. The van der Waals surface area contributed by atoms with Crippen LogP contribution in [0.1, 0.15) is 0 Å². The van der Waals surface area contributed by atoms with E-state index in [0.29, 0.717) is 5.02 Å². The molecule has 3 aromatic rings. The van der Waals surface area contributed by atoms with Gasteiger partial charge in [-0.25, -0.2) is 0 Å². The summed E-state index contributed by atoms with van der Waals surface area (Å²) in [6.45, 7) is 0. The molecule has 0 saturated heterocycles. The lowest BCUT2D eigenvalue weighted by molar-refractivity contribution is 1.41. The van der Waals surface area contributed by atoms with Gasteiger partial charge in [0.2, 0.25) is 0 Å². The Morgan fingerprint density at radius 1 is 1.06 bits per heavy atom. The number of pyridine rings is 1. The average molecular weight is 239 g/mol. The third kappa shape index (κ3) is 1.90. The van der Waals surface area contributed by atoms with Gasteiger partial charge in [-0.3, -0.25) is 4.98 Å². The lowest BCUT2D eigenvalue weighted by Crippen LogP contribution is -1.84. The maximum Gasteiger partial charge on any atom is 0.0780 e. The molecule has 2 heteroatoms. The van der Waals surface area contributed by atoms with Crippen LogP contribution in [0.4, 0.5) is 0 Å². The summed E-state index contributed by atoms with van der Waals surface area (Å²) in [4.78, 5) is 4.42. The maximum absolute atomic E-state index is 6.01. The van der Waals surface area contributed by atoms with E-state index in [1.807, 2.05) is 36.4 Å². The number of hydrogen-bond donors (Lipinski definition) is 0. The first kappa shape index (κ1) is 10.3. The molecule has 1 heterocycles. The van der Waals surface area contributed by atoms with Crippen LogP contribution in [0.15, 0.2) is 54.7 Å². The normalized spacial score (nSPS) is 10.6. The number of hydrogen-bond acceptors (Lipinski definition) is 1. The standard InChI is InChI=1S/C15H9ClN/c16-13-7-1-5-12(10-13)14-8-2-4-11-6-3-9-17-15(11)14/h1-4,6-10H. The SMILES string of the molecule is Clc1cc[c]c(-c2cccc3cccnc23)c1. The smallest absolute Gasteiger partial charge is 0.0780 e. The molecule has 1 aromatic heterocycles. The maximum atomic E-state index is 6.01. The highest BCUT2D eigenvalue weighted by Gasteiger charge is 2.04. The van der Waals surface area contributed by atoms with Gasteiger partial charge in [0, 0.05) is 22.2 Å². The highest BCUT2D eigenvalue weighted by atomic mass is 35.5. The molecule has 1 radical (unpaired) electrons. The summed E-state index contributed by atoms with van der Waals surface area (Å²) in [7, 11) is 0. The van der Waals surface area contributed by atoms with Crippen LogP contribution in [-0.4, -0.2) is 4.98 Å². The zero-order chi connectivity index (χ0) is 11.7. The topological polar surface area (TPSA) is 12.9 Å². The van der Waals surface area contributed by atoms with Crippen LogP contribution in [0.5, 0.6) is 0 Å². The van der Waals surface area contributed by atoms with Crippen molar-refractivity contribution in [2.45, 2.75) is 0 Å². The van der Waals surface area contributed by atoms with E-state index in [1.54, 1.807) is 6.20 Å². The molecular formula is C15H9ClN. The second-order valence-corrected chi connectivity index (χ2v) is 4.24. The van der Waals surface area contributed by atoms with Crippen LogP contribution in [0.25, 0.3) is 22.0 Å². The van der Waals surface area contributed by atoms with Gasteiger partial charge in [-0.2, -0.15) is 0 Å². The Balaban J connectivity index is 2.30. The predicted molar refractivity (Wildman–Crippen MR) is 71.0 cm³/mol. The van der Waals surface area contributed by atoms with Crippen molar-refractivity contribution in [1.82, 2.24) is 4.98 Å². The molecule has 81 valence electrons. The molecule has 0 aliphatic rings. The molecule has 3 rings (SSSR count). The van der Waals surface area contributed by atoms with Crippen molar-refractivity contribution in [3.8, 4) is 11.1 Å². The molecule has 0 bridgehead atoms. The Kier molecular flexibility index (Phi) is 2.54. The number of para-hydroxylation sites is 1. The van der Waals surface area contributed by atoms with E-state index in [0.717, 1.165) is 22.0 Å². The Morgan fingerprint density at radius 2 is 1.94 bits per heavy atom. The van der Waals surface area contributed by atoms with Gasteiger partial charge in [0.05, 0.1) is 5.52 Å². The number of halogens is 1. The van der Waals surface area contributed by atoms with E-state index < -0.39 is 0 Å². The van der Waals surface area contributed by atoms with E-state index in [2.05, 4.69) is 23.2 Å². The van der Waals surface area contributed by atoms with Gasteiger partial charge >= 0.3 is 0 Å². The van der Waals surface area contributed by atoms with Crippen LogP contribution in [0.3, 0.4) is 0 Å². The van der Waals surface area contributed by atoms with Gasteiger partial charge in [0.25, 0.3) is 0 Å². The van der Waals surface area contributed by atoms with Crippen molar-refractivity contribution >= 4 is 22.5 Å². The molecule has 1 nitrogen and oxygen atoms in total. The average Bonchev–Trinajstić information content (AvgIpc) is 2.38. The highest BCUT2D eigenvalue weighted by molar-refractivity contribution is 6.30. The van der Waals surface area contributed by atoms with E-state index >= 15 is 0 Å². The van der Waals surface area contributed by atoms with Crippen molar-refractivity contribution < 1.29 is 0 Å². The van der Waals surface area contributed by atoms with Crippen molar-refractivity contribution in [1.29, 1.82) is 0 Å². The monoisotopic (exact) mass is 238 g/mol. The summed E-state index contributed by atoms with van der Waals surface area (Å²) in [6, 6.07) is 18.9.